The molecule has 0 saturated carbocycles. The topological polar surface area (TPSA) is 52.6 Å². The highest BCUT2D eigenvalue weighted by molar-refractivity contribution is 7.91. The molecule has 0 spiro atoms. The number of sulfone groups is 1. The van der Waals surface area contributed by atoms with Gasteiger partial charge in [0, 0.05) is 6.42 Å². The molecular formula is C27H26O4S. The zero-order valence-corrected chi connectivity index (χ0v) is 19.2. The van der Waals surface area contributed by atoms with Gasteiger partial charge in [0.2, 0.25) is 9.84 Å². The third-order valence-electron chi connectivity index (χ3n) is 5.30. The first-order valence-electron chi connectivity index (χ1n) is 10.5. The van der Waals surface area contributed by atoms with E-state index in [-0.39, 0.29) is 9.79 Å². The number of hydrogen-bond acceptors (Lipinski definition) is 4. The minimum Gasteiger partial charge on any atom is -0.483 e. The smallest absolute Gasteiger partial charge is 0.206 e. The van der Waals surface area contributed by atoms with Gasteiger partial charge in [-0.1, -0.05) is 29.9 Å². The molecule has 0 N–H and O–H groups in total. The van der Waals surface area contributed by atoms with Crippen LogP contribution in [0.4, 0.5) is 0 Å². The van der Waals surface area contributed by atoms with Gasteiger partial charge in [-0.3, -0.25) is 0 Å². The second kappa shape index (κ2) is 8.67. The Kier molecular flexibility index (Phi) is 5.94. The summed E-state index contributed by atoms with van der Waals surface area (Å²) in [5, 5.41) is 0. The minimum absolute atomic E-state index is 0.214. The van der Waals surface area contributed by atoms with E-state index in [1.54, 1.807) is 48.5 Å². The summed E-state index contributed by atoms with van der Waals surface area (Å²) < 4.78 is 38.1. The van der Waals surface area contributed by atoms with Gasteiger partial charge in [0.1, 0.15) is 22.8 Å². The van der Waals surface area contributed by atoms with Gasteiger partial charge in [-0.25, -0.2) is 8.42 Å². The summed E-state index contributed by atoms with van der Waals surface area (Å²) in [4.78, 5) is 0.434. The van der Waals surface area contributed by atoms with Crippen molar-refractivity contribution in [3.63, 3.8) is 0 Å². The second-order valence-electron chi connectivity index (χ2n) is 8.33. The van der Waals surface area contributed by atoms with E-state index in [9.17, 15) is 8.42 Å². The number of hydrogen-bond donors (Lipinski definition) is 0. The summed E-state index contributed by atoms with van der Waals surface area (Å²) in [5.74, 6) is 1.92. The predicted molar refractivity (Wildman–Crippen MR) is 126 cm³/mol. The maximum atomic E-state index is 13.1. The summed E-state index contributed by atoms with van der Waals surface area (Å²) in [6, 6.07) is 20.7. The summed E-state index contributed by atoms with van der Waals surface area (Å²) in [6.07, 6.45) is 6.87. The van der Waals surface area contributed by atoms with E-state index in [1.807, 2.05) is 50.3 Å². The lowest BCUT2D eigenvalue weighted by Gasteiger charge is -2.30. The lowest BCUT2D eigenvalue weighted by atomic mass is 9.92. The first kappa shape index (κ1) is 21.9. The Morgan fingerprint density at radius 2 is 1.44 bits per heavy atom. The van der Waals surface area contributed by atoms with E-state index < -0.39 is 15.4 Å². The molecule has 1 aliphatic rings. The zero-order valence-electron chi connectivity index (χ0n) is 18.4. The molecule has 3 aromatic carbocycles. The van der Waals surface area contributed by atoms with Crippen molar-refractivity contribution in [1.29, 1.82) is 0 Å². The van der Waals surface area contributed by atoms with Crippen LogP contribution in [0.3, 0.4) is 0 Å². The van der Waals surface area contributed by atoms with Crippen molar-refractivity contribution in [2.24, 2.45) is 0 Å². The minimum atomic E-state index is -3.64. The highest BCUT2D eigenvalue weighted by atomic mass is 32.2. The van der Waals surface area contributed by atoms with Gasteiger partial charge in [0.25, 0.3) is 0 Å². The molecule has 164 valence electrons. The molecule has 0 aromatic heterocycles. The molecule has 5 heteroatoms. The van der Waals surface area contributed by atoms with Gasteiger partial charge in [0.05, 0.1) is 9.79 Å². The van der Waals surface area contributed by atoms with Gasteiger partial charge in [-0.2, -0.15) is 0 Å². The number of benzene rings is 3. The van der Waals surface area contributed by atoms with Crippen molar-refractivity contribution in [2.75, 3.05) is 0 Å². The summed E-state index contributed by atoms with van der Waals surface area (Å²) in [5.41, 5.74) is 1.89. The molecule has 0 amide bonds. The molecule has 0 saturated heterocycles. The molecule has 1 aliphatic carbocycles. The fraction of sp³-hybridized carbons (Fsp3) is 0.185. The van der Waals surface area contributed by atoms with Gasteiger partial charge >= 0.3 is 0 Å². The molecule has 0 fully saturated rings. The molecule has 1 atom stereocenters. The standard InChI is InChI=1S/C27H26O4S/c1-20-6-4-8-24(18-20)30-22-9-13-25(14-10-22)32(28,29)26-15-11-23(12-16-26)31-27(3)17-5-7-21(2)19-27/h4-18H,19H2,1-3H3. The average molecular weight is 447 g/mol. The van der Waals surface area contributed by atoms with E-state index in [4.69, 9.17) is 9.47 Å². The average Bonchev–Trinajstić information content (AvgIpc) is 2.74. The number of ether oxygens (including phenoxy) is 2. The van der Waals surface area contributed by atoms with Crippen LogP contribution in [-0.4, -0.2) is 14.0 Å². The van der Waals surface area contributed by atoms with E-state index in [2.05, 4.69) is 13.0 Å². The van der Waals surface area contributed by atoms with Gasteiger partial charge in [-0.05, 0) is 93.1 Å². The molecule has 4 rings (SSSR count). The maximum absolute atomic E-state index is 13.1. The van der Waals surface area contributed by atoms with Crippen molar-refractivity contribution in [1.82, 2.24) is 0 Å². The van der Waals surface area contributed by atoms with Crippen LogP contribution in [0.25, 0.3) is 0 Å². The Balaban J connectivity index is 1.48. The molecular weight excluding hydrogens is 420 g/mol. The monoisotopic (exact) mass is 446 g/mol. The predicted octanol–water partition coefficient (Wildman–Crippen LogP) is 6.66. The van der Waals surface area contributed by atoms with Gasteiger partial charge in [-0.15, -0.1) is 0 Å². The first-order chi connectivity index (χ1) is 15.2. The van der Waals surface area contributed by atoms with E-state index >= 15 is 0 Å². The van der Waals surface area contributed by atoms with Gasteiger partial charge in [0.15, 0.2) is 0 Å². The van der Waals surface area contributed by atoms with Crippen LogP contribution in [0.1, 0.15) is 25.8 Å². The highest BCUT2D eigenvalue weighted by Gasteiger charge is 2.26. The number of rotatable bonds is 6. The van der Waals surface area contributed by atoms with Crippen LogP contribution in [0.15, 0.2) is 106 Å². The van der Waals surface area contributed by atoms with E-state index in [0.717, 1.165) is 12.0 Å². The quantitative estimate of drug-likeness (QED) is 0.425. The van der Waals surface area contributed by atoms with Crippen LogP contribution in [0.5, 0.6) is 17.2 Å². The molecule has 0 heterocycles. The zero-order chi connectivity index (χ0) is 22.8. The molecule has 1 unspecified atom stereocenters. The lowest BCUT2D eigenvalue weighted by Crippen LogP contribution is -2.31. The summed E-state index contributed by atoms with van der Waals surface area (Å²) in [6.45, 7) is 6.08. The third kappa shape index (κ3) is 4.94. The van der Waals surface area contributed by atoms with E-state index in [0.29, 0.717) is 17.2 Å². The number of aryl methyl sites for hydroxylation is 1. The van der Waals surface area contributed by atoms with E-state index in [1.165, 1.54) is 5.57 Å². The Morgan fingerprint density at radius 3 is 2.03 bits per heavy atom. The molecule has 3 aromatic rings. The molecule has 0 bridgehead atoms. The van der Waals surface area contributed by atoms with Crippen LogP contribution in [0, 0.1) is 6.92 Å². The third-order valence-corrected chi connectivity index (χ3v) is 7.09. The van der Waals surface area contributed by atoms with Crippen LogP contribution < -0.4 is 9.47 Å². The van der Waals surface area contributed by atoms with Crippen molar-refractivity contribution >= 4 is 9.84 Å². The summed E-state index contributed by atoms with van der Waals surface area (Å²) in [7, 11) is -3.64. The molecule has 4 nitrogen and oxygen atoms in total. The highest BCUT2D eigenvalue weighted by Crippen LogP contribution is 2.31. The Hall–Kier alpha value is -3.31. The lowest BCUT2D eigenvalue weighted by molar-refractivity contribution is 0.139. The fourth-order valence-electron chi connectivity index (χ4n) is 3.75. The SMILES string of the molecule is CC1=CC=CC(C)(Oc2ccc(S(=O)(=O)c3ccc(Oc4cccc(C)c4)cc3)cc2)C1. The fourth-order valence-corrected chi connectivity index (χ4v) is 5.01. The molecule has 32 heavy (non-hydrogen) atoms. The van der Waals surface area contributed by atoms with Crippen molar-refractivity contribution < 1.29 is 17.9 Å². The van der Waals surface area contributed by atoms with Gasteiger partial charge < -0.3 is 9.47 Å². The summed E-state index contributed by atoms with van der Waals surface area (Å²) >= 11 is 0. The van der Waals surface area contributed by atoms with Crippen LogP contribution >= 0.6 is 0 Å². The normalized spacial score (nSPS) is 18.2. The number of allylic oxidation sites excluding steroid dienone is 2. The Morgan fingerprint density at radius 1 is 0.812 bits per heavy atom. The Labute approximate surface area is 189 Å². The van der Waals surface area contributed by atoms with Crippen LogP contribution in [0.2, 0.25) is 0 Å². The maximum Gasteiger partial charge on any atom is 0.206 e. The van der Waals surface area contributed by atoms with Crippen LogP contribution in [-0.2, 0) is 9.84 Å². The molecule has 0 radical (unpaired) electrons. The van der Waals surface area contributed by atoms with Crippen molar-refractivity contribution in [2.45, 2.75) is 42.6 Å². The second-order valence-corrected chi connectivity index (χ2v) is 10.3. The van der Waals surface area contributed by atoms with Crippen molar-refractivity contribution in [3.05, 3.63) is 102 Å². The van der Waals surface area contributed by atoms with Crippen molar-refractivity contribution in [3.8, 4) is 17.2 Å². The Bertz CT molecular complexity index is 1270. The first-order valence-corrected chi connectivity index (χ1v) is 12.0. The molecule has 0 aliphatic heterocycles. The largest absolute Gasteiger partial charge is 0.483 e.